The standard InChI is InChI=1S/C10H14N2O.ClH/c1-10(2,11)9(13)12-8-6-4-3-5-7-8;/h3-7H,11H2,1-2H3,(H,12,13);1H. The molecule has 0 aliphatic rings. The molecule has 0 saturated heterocycles. The van der Waals surface area contributed by atoms with Crippen molar-refractivity contribution in [2.75, 3.05) is 5.32 Å². The third-order valence-electron chi connectivity index (χ3n) is 1.62. The maximum Gasteiger partial charge on any atom is 0.243 e. The molecule has 1 aromatic rings. The van der Waals surface area contributed by atoms with E-state index in [0.717, 1.165) is 5.69 Å². The number of hydrogen-bond acceptors (Lipinski definition) is 2. The zero-order valence-electron chi connectivity index (χ0n) is 8.28. The summed E-state index contributed by atoms with van der Waals surface area (Å²) in [6.07, 6.45) is 0. The van der Waals surface area contributed by atoms with E-state index in [-0.39, 0.29) is 18.3 Å². The van der Waals surface area contributed by atoms with Crippen molar-refractivity contribution < 1.29 is 4.79 Å². The van der Waals surface area contributed by atoms with Crippen molar-refractivity contribution in [3.63, 3.8) is 0 Å². The van der Waals surface area contributed by atoms with Gasteiger partial charge in [-0.05, 0) is 26.0 Å². The number of amides is 1. The van der Waals surface area contributed by atoms with Gasteiger partial charge < -0.3 is 11.1 Å². The van der Waals surface area contributed by atoms with Gasteiger partial charge in [0.25, 0.3) is 0 Å². The Labute approximate surface area is 90.1 Å². The summed E-state index contributed by atoms with van der Waals surface area (Å²) in [7, 11) is 0. The average Bonchev–Trinajstić information content (AvgIpc) is 2.04. The molecule has 1 rings (SSSR count). The van der Waals surface area contributed by atoms with E-state index in [2.05, 4.69) is 5.32 Å². The Bertz CT molecular complexity index is 293. The van der Waals surface area contributed by atoms with E-state index in [4.69, 9.17) is 5.73 Å². The minimum atomic E-state index is -0.837. The largest absolute Gasteiger partial charge is 0.325 e. The maximum atomic E-state index is 11.4. The van der Waals surface area contributed by atoms with E-state index in [9.17, 15) is 4.79 Å². The Kier molecular flexibility index (Phi) is 4.60. The zero-order chi connectivity index (χ0) is 9.90. The van der Waals surface area contributed by atoms with Gasteiger partial charge in [-0.3, -0.25) is 4.79 Å². The quantitative estimate of drug-likeness (QED) is 0.789. The highest BCUT2D eigenvalue weighted by atomic mass is 35.5. The Morgan fingerprint density at radius 3 is 2.21 bits per heavy atom. The van der Waals surface area contributed by atoms with Gasteiger partial charge in [-0.1, -0.05) is 18.2 Å². The Balaban J connectivity index is 0.00000169. The van der Waals surface area contributed by atoms with Crippen LogP contribution in [-0.2, 0) is 4.79 Å². The number of rotatable bonds is 2. The van der Waals surface area contributed by atoms with E-state index < -0.39 is 5.54 Å². The smallest absolute Gasteiger partial charge is 0.243 e. The molecule has 0 saturated carbocycles. The van der Waals surface area contributed by atoms with Gasteiger partial charge >= 0.3 is 0 Å². The molecule has 3 N–H and O–H groups in total. The van der Waals surface area contributed by atoms with Crippen molar-refractivity contribution >= 4 is 24.0 Å². The van der Waals surface area contributed by atoms with Gasteiger partial charge in [-0.25, -0.2) is 0 Å². The highest BCUT2D eigenvalue weighted by molar-refractivity contribution is 5.97. The molecule has 0 heterocycles. The lowest BCUT2D eigenvalue weighted by atomic mass is 10.1. The number of carbonyl (C=O) groups excluding carboxylic acids is 1. The molecule has 78 valence electrons. The van der Waals surface area contributed by atoms with Crippen LogP contribution in [0.15, 0.2) is 30.3 Å². The highest BCUT2D eigenvalue weighted by Gasteiger charge is 2.21. The number of halogens is 1. The summed E-state index contributed by atoms with van der Waals surface area (Å²) >= 11 is 0. The Morgan fingerprint density at radius 2 is 1.79 bits per heavy atom. The van der Waals surface area contributed by atoms with Crippen LogP contribution >= 0.6 is 12.4 Å². The molecule has 0 bridgehead atoms. The molecule has 0 atom stereocenters. The molecule has 1 aromatic carbocycles. The first kappa shape index (κ1) is 12.9. The van der Waals surface area contributed by atoms with Gasteiger partial charge in [0.1, 0.15) is 0 Å². The first-order valence-corrected chi connectivity index (χ1v) is 4.15. The van der Waals surface area contributed by atoms with Crippen LogP contribution in [0.5, 0.6) is 0 Å². The molecule has 0 aliphatic carbocycles. The van der Waals surface area contributed by atoms with E-state index in [1.165, 1.54) is 0 Å². The van der Waals surface area contributed by atoms with Crippen molar-refractivity contribution in [3.05, 3.63) is 30.3 Å². The number of benzene rings is 1. The van der Waals surface area contributed by atoms with E-state index in [1.54, 1.807) is 13.8 Å². The van der Waals surface area contributed by atoms with Crippen LogP contribution in [0, 0.1) is 0 Å². The summed E-state index contributed by atoms with van der Waals surface area (Å²) in [5.41, 5.74) is 5.55. The number of hydrogen-bond donors (Lipinski definition) is 2. The second kappa shape index (κ2) is 4.98. The lowest BCUT2D eigenvalue weighted by Gasteiger charge is -2.17. The third kappa shape index (κ3) is 3.77. The SMILES string of the molecule is CC(C)(N)C(=O)Nc1ccccc1.Cl. The van der Waals surface area contributed by atoms with Crippen LogP contribution in [0.25, 0.3) is 0 Å². The number of nitrogens with one attached hydrogen (secondary N) is 1. The van der Waals surface area contributed by atoms with Crippen molar-refractivity contribution in [2.24, 2.45) is 5.73 Å². The number of anilines is 1. The predicted octanol–water partition coefficient (Wildman–Crippen LogP) is 1.78. The van der Waals surface area contributed by atoms with Crippen LogP contribution in [0.2, 0.25) is 0 Å². The van der Waals surface area contributed by atoms with Gasteiger partial charge in [0, 0.05) is 5.69 Å². The second-order valence-electron chi connectivity index (χ2n) is 3.54. The molecule has 0 fully saturated rings. The Morgan fingerprint density at radius 1 is 1.29 bits per heavy atom. The molecular formula is C10H15ClN2O. The first-order valence-electron chi connectivity index (χ1n) is 4.15. The third-order valence-corrected chi connectivity index (χ3v) is 1.62. The average molecular weight is 215 g/mol. The van der Waals surface area contributed by atoms with E-state index in [0.29, 0.717) is 0 Å². The van der Waals surface area contributed by atoms with Crippen molar-refractivity contribution in [1.82, 2.24) is 0 Å². The van der Waals surface area contributed by atoms with Gasteiger partial charge in [0.15, 0.2) is 0 Å². The summed E-state index contributed by atoms with van der Waals surface area (Å²) in [6, 6.07) is 9.26. The van der Waals surface area contributed by atoms with Gasteiger partial charge in [0.2, 0.25) is 5.91 Å². The summed E-state index contributed by atoms with van der Waals surface area (Å²) in [4.78, 5) is 11.4. The van der Waals surface area contributed by atoms with Crippen LogP contribution in [0.3, 0.4) is 0 Å². The maximum absolute atomic E-state index is 11.4. The molecule has 3 nitrogen and oxygen atoms in total. The molecule has 0 spiro atoms. The molecule has 0 unspecified atom stereocenters. The van der Waals surface area contributed by atoms with Crippen LogP contribution in [-0.4, -0.2) is 11.4 Å². The van der Waals surface area contributed by atoms with Crippen molar-refractivity contribution in [3.8, 4) is 0 Å². The molecule has 14 heavy (non-hydrogen) atoms. The van der Waals surface area contributed by atoms with Crippen molar-refractivity contribution in [1.29, 1.82) is 0 Å². The van der Waals surface area contributed by atoms with Crippen LogP contribution < -0.4 is 11.1 Å². The highest BCUT2D eigenvalue weighted by Crippen LogP contribution is 2.07. The number of nitrogens with two attached hydrogens (primary N) is 1. The predicted molar refractivity (Wildman–Crippen MR) is 60.6 cm³/mol. The minimum Gasteiger partial charge on any atom is -0.325 e. The molecule has 0 radical (unpaired) electrons. The minimum absolute atomic E-state index is 0. The number of carbonyl (C=O) groups is 1. The lowest BCUT2D eigenvalue weighted by molar-refractivity contribution is -0.120. The van der Waals surface area contributed by atoms with E-state index >= 15 is 0 Å². The fourth-order valence-electron chi connectivity index (χ4n) is 0.814. The summed E-state index contributed by atoms with van der Waals surface area (Å²) in [5.74, 6) is -0.182. The molecule has 1 amide bonds. The zero-order valence-corrected chi connectivity index (χ0v) is 9.10. The lowest BCUT2D eigenvalue weighted by Crippen LogP contribution is -2.45. The van der Waals surface area contributed by atoms with Crippen molar-refractivity contribution in [2.45, 2.75) is 19.4 Å². The fourth-order valence-corrected chi connectivity index (χ4v) is 0.814. The summed E-state index contributed by atoms with van der Waals surface area (Å²) in [6.45, 7) is 3.34. The fraction of sp³-hybridized carbons (Fsp3) is 0.300. The van der Waals surface area contributed by atoms with Crippen LogP contribution in [0.4, 0.5) is 5.69 Å². The summed E-state index contributed by atoms with van der Waals surface area (Å²) < 4.78 is 0. The topological polar surface area (TPSA) is 55.1 Å². The monoisotopic (exact) mass is 214 g/mol. The Hall–Kier alpha value is -1.06. The summed E-state index contributed by atoms with van der Waals surface area (Å²) in [5, 5.41) is 2.72. The number of para-hydroxylation sites is 1. The molecule has 0 aromatic heterocycles. The van der Waals surface area contributed by atoms with Crippen LogP contribution in [0.1, 0.15) is 13.8 Å². The first-order chi connectivity index (χ1) is 6.00. The van der Waals surface area contributed by atoms with E-state index in [1.807, 2.05) is 30.3 Å². The van der Waals surface area contributed by atoms with Gasteiger partial charge in [-0.15, -0.1) is 12.4 Å². The molecule has 0 aliphatic heterocycles. The molecular weight excluding hydrogens is 200 g/mol. The molecule has 4 heteroatoms. The second-order valence-corrected chi connectivity index (χ2v) is 3.54. The normalized spacial score (nSPS) is 10.2. The van der Waals surface area contributed by atoms with Gasteiger partial charge in [-0.2, -0.15) is 0 Å². The van der Waals surface area contributed by atoms with Gasteiger partial charge in [0.05, 0.1) is 5.54 Å².